The maximum Gasteiger partial charge on any atom is 0.273 e. The van der Waals surface area contributed by atoms with E-state index in [9.17, 15) is 19.7 Å². The van der Waals surface area contributed by atoms with Crippen molar-refractivity contribution in [2.24, 2.45) is 0 Å². The minimum Gasteiger partial charge on any atom is -0.494 e. The molecule has 2 aromatic carbocycles. The molecule has 0 atom stereocenters. The van der Waals surface area contributed by atoms with Crippen molar-refractivity contribution < 1.29 is 14.5 Å². The Kier molecular flexibility index (Phi) is 6.29. The van der Waals surface area contributed by atoms with Gasteiger partial charge in [-0.1, -0.05) is 23.4 Å². The number of non-ortho nitro benzene ring substituents is 1. The summed E-state index contributed by atoms with van der Waals surface area (Å²) in [5.74, 6) is -0.369. The normalized spacial score (nSPS) is 10.8. The van der Waals surface area contributed by atoms with Gasteiger partial charge in [-0.05, 0) is 30.3 Å². The lowest BCUT2D eigenvalue weighted by Crippen LogP contribution is -2.22. The van der Waals surface area contributed by atoms with E-state index in [1.54, 1.807) is 24.3 Å². The Morgan fingerprint density at radius 1 is 1.30 bits per heavy atom. The summed E-state index contributed by atoms with van der Waals surface area (Å²) < 4.78 is 6.51. The molecule has 0 radical (unpaired) electrons. The van der Waals surface area contributed by atoms with Crippen LogP contribution in [0.15, 0.2) is 58.6 Å². The van der Waals surface area contributed by atoms with Crippen molar-refractivity contribution in [3.63, 3.8) is 0 Å². The zero-order chi connectivity index (χ0) is 23.5. The van der Waals surface area contributed by atoms with Gasteiger partial charge < -0.3 is 10.1 Å². The van der Waals surface area contributed by atoms with Gasteiger partial charge in [0.1, 0.15) is 11.1 Å². The van der Waals surface area contributed by atoms with Crippen molar-refractivity contribution >= 4 is 51.7 Å². The van der Waals surface area contributed by atoms with Gasteiger partial charge in [-0.3, -0.25) is 29.4 Å². The minimum absolute atomic E-state index is 0.0974. The Balaban J connectivity index is 1.60. The van der Waals surface area contributed by atoms with Gasteiger partial charge in [-0.25, -0.2) is 4.98 Å². The van der Waals surface area contributed by atoms with Crippen molar-refractivity contribution in [3.8, 4) is 11.4 Å². The first-order chi connectivity index (χ1) is 15.9. The number of nitro benzene ring substituents is 1. The van der Waals surface area contributed by atoms with Crippen LogP contribution in [0.25, 0.3) is 16.7 Å². The number of aromatic nitrogens is 4. The summed E-state index contributed by atoms with van der Waals surface area (Å²) in [5.41, 5.74) is 0.588. The van der Waals surface area contributed by atoms with E-state index >= 15 is 0 Å². The third-order valence-electron chi connectivity index (χ3n) is 4.54. The second-order valence-corrected chi connectivity index (χ2v) is 8.00. The molecular weight excluding hydrogens is 472 g/mol. The van der Waals surface area contributed by atoms with E-state index < -0.39 is 10.8 Å². The molecule has 0 aliphatic carbocycles. The molecule has 2 aromatic heterocycles. The summed E-state index contributed by atoms with van der Waals surface area (Å²) >= 11 is 7.00. The molecule has 0 aliphatic heterocycles. The number of carbonyl (C=O) groups is 1. The number of carbonyl (C=O) groups excluding carboxylic acids is 1. The number of amides is 1. The molecule has 0 saturated carbocycles. The number of anilines is 1. The molecule has 2 heterocycles. The van der Waals surface area contributed by atoms with Crippen LogP contribution in [0.5, 0.6) is 5.75 Å². The number of halogens is 1. The van der Waals surface area contributed by atoms with Gasteiger partial charge in [0.15, 0.2) is 10.8 Å². The van der Waals surface area contributed by atoms with Gasteiger partial charge in [-0.2, -0.15) is 5.10 Å². The van der Waals surface area contributed by atoms with Crippen molar-refractivity contribution in [2.75, 3.05) is 18.2 Å². The lowest BCUT2D eigenvalue weighted by molar-refractivity contribution is -0.384. The maximum atomic E-state index is 13.0. The number of H-pyrrole nitrogens is 1. The molecule has 1 amide bonds. The summed E-state index contributed by atoms with van der Waals surface area (Å²) in [7, 11) is 1.35. The lowest BCUT2D eigenvalue weighted by atomic mass is 10.2. The molecule has 0 saturated heterocycles. The van der Waals surface area contributed by atoms with Crippen LogP contribution in [-0.4, -0.2) is 43.4 Å². The summed E-state index contributed by atoms with van der Waals surface area (Å²) in [4.78, 5) is 40.5. The summed E-state index contributed by atoms with van der Waals surface area (Å²) in [5, 5.41) is 21.2. The fourth-order valence-electron chi connectivity index (χ4n) is 3.00. The number of hydrogen-bond acceptors (Lipinski definition) is 8. The number of nitrogens with zero attached hydrogens (tertiary/aromatic N) is 4. The van der Waals surface area contributed by atoms with E-state index in [1.807, 2.05) is 0 Å². The average molecular weight is 487 g/mol. The summed E-state index contributed by atoms with van der Waals surface area (Å²) in [6.45, 7) is 0. The number of nitrogens with one attached hydrogen (secondary N) is 2. The molecule has 13 heteroatoms. The molecular formula is C20H15ClN6O5S. The average Bonchev–Trinajstić information content (AvgIpc) is 3.28. The van der Waals surface area contributed by atoms with Crippen LogP contribution in [0.2, 0.25) is 5.02 Å². The quantitative estimate of drug-likeness (QED) is 0.175. The van der Waals surface area contributed by atoms with Gasteiger partial charge in [0.2, 0.25) is 5.91 Å². The van der Waals surface area contributed by atoms with Crippen molar-refractivity contribution in [3.05, 3.63) is 74.2 Å². The van der Waals surface area contributed by atoms with Crippen LogP contribution < -0.4 is 15.6 Å². The Bertz CT molecular complexity index is 1420. The number of methoxy groups -OCH3 is 1. The largest absolute Gasteiger partial charge is 0.494 e. The SMILES string of the molecule is COc1cc([N+](=O)[O-])ccc1NC(=O)CSc1nc2[nH]ncc2c(=O)n1-c1ccc(Cl)cc1. The zero-order valence-electron chi connectivity index (χ0n) is 16.9. The molecule has 0 fully saturated rings. The summed E-state index contributed by atoms with van der Waals surface area (Å²) in [6, 6.07) is 10.5. The van der Waals surface area contributed by atoms with E-state index in [0.717, 1.165) is 11.8 Å². The van der Waals surface area contributed by atoms with E-state index in [2.05, 4.69) is 20.5 Å². The first kappa shape index (κ1) is 22.3. The number of hydrogen-bond donors (Lipinski definition) is 2. The Labute approximate surface area is 194 Å². The number of benzene rings is 2. The van der Waals surface area contributed by atoms with Gasteiger partial charge in [0.25, 0.3) is 11.2 Å². The minimum atomic E-state index is -0.558. The topological polar surface area (TPSA) is 145 Å². The first-order valence-corrected chi connectivity index (χ1v) is 10.7. The molecule has 4 aromatic rings. The first-order valence-electron chi connectivity index (χ1n) is 9.34. The highest BCUT2D eigenvalue weighted by Crippen LogP contribution is 2.29. The zero-order valence-corrected chi connectivity index (χ0v) is 18.5. The molecule has 33 heavy (non-hydrogen) atoms. The van der Waals surface area contributed by atoms with Crippen molar-refractivity contribution in [2.45, 2.75) is 5.16 Å². The number of nitro groups is 1. The fourth-order valence-corrected chi connectivity index (χ4v) is 3.93. The Morgan fingerprint density at radius 3 is 2.76 bits per heavy atom. The molecule has 0 aliphatic rings. The highest BCUT2D eigenvalue weighted by Gasteiger charge is 2.17. The lowest BCUT2D eigenvalue weighted by Gasteiger charge is -2.13. The molecule has 2 N–H and O–H groups in total. The fraction of sp³-hybridized carbons (Fsp3) is 0.100. The second kappa shape index (κ2) is 9.30. The standard InChI is InChI=1S/C20H15ClN6O5S/c1-32-16-8-13(27(30)31)6-7-15(16)23-17(28)10-33-20-24-18-14(9-22-25-18)19(29)26(20)12-4-2-11(21)3-5-12/h2-9H,10H2,1H3,(H,22,25)(H,23,28). The molecule has 168 valence electrons. The van der Waals surface area contributed by atoms with Crippen LogP contribution >= 0.6 is 23.4 Å². The van der Waals surface area contributed by atoms with Gasteiger partial charge in [0, 0.05) is 11.1 Å². The van der Waals surface area contributed by atoms with Crippen LogP contribution in [0, 0.1) is 10.1 Å². The molecule has 11 nitrogen and oxygen atoms in total. The molecule has 4 rings (SSSR count). The number of rotatable bonds is 7. The van der Waals surface area contributed by atoms with E-state index in [4.69, 9.17) is 16.3 Å². The van der Waals surface area contributed by atoms with Crippen LogP contribution in [0.1, 0.15) is 0 Å². The molecule has 0 unspecified atom stereocenters. The van der Waals surface area contributed by atoms with Gasteiger partial charge >= 0.3 is 0 Å². The monoisotopic (exact) mass is 486 g/mol. The molecule has 0 spiro atoms. The second-order valence-electron chi connectivity index (χ2n) is 6.62. The Hall–Kier alpha value is -3.90. The van der Waals surface area contributed by atoms with Crippen molar-refractivity contribution in [1.29, 1.82) is 0 Å². The predicted molar refractivity (Wildman–Crippen MR) is 123 cm³/mol. The number of fused-ring (bicyclic) bond motifs is 1. The van der Waals surface area contributed by atoms with E-state index in [0.29, 0.717) is 21.7 Å². The number of aromatic amines is 1. The highest BCUT2D eigenvalue weighted by molar-refractivity contribution is 7.99. The summed E-state index contributed by atoms with van der Waals surface area (Å²) in [6.07, 6.45) is 1.39. The van der Waals surface area contributed by atoms with Gasteiger partial charge in [0.05, 0.1) is 41.4 Å². The maximum absolute atomic E-state index is 13.0. The Morgan fingerprint density at radius 2 is 2.06 bits per heavy atom. The van der Waals surface area contributed by atoms with E-state index in [-0.39, 0.29) is 33.6 Å². The highest BCUT2D eigenvalue weighted by atomic mass is 35.5. The van der Waals surface area contributed by atoms with Crippen molar-refractivity contribution in [1.82, 2.24) is 19.7 Å². The third-order valence-corrected chi connectivity index (χ3v) is 5.73. The van der Waals surface area contributed by atoms with Crippen LogP contribution in [0.3, 0.4) is 0 Å². The smallest absolute Gasteiger partial charge is 0.273 e. The predicted octanol–water partition coefficient (Wildman–Crippen LogP) is 3.41. The third kappa shape index (κ3) is 4.66. The number of ether oxygens (including phenoxy) is 1. The number of thioether (sulfide) groups is 1. The molecule has 0 bridgehead atoms. The van der Waals surface area contributed by atoms with Crippen LogP contribution in [0.4, 0.5) is 11.4 Å². The van der Waals surface area contributed by atoms with E-state index in [1.165, 1.54) is 36.1 Å². The van der Waals surface area contributed by atoms with Crippen LogP contribution in [-0.2, 0) is 4.79 Å². The van der Waals surface area contributed by atoms with Gasteiger partial charge in [-0.15, -0.1) is 0 Å².